The number of carboxylic acid groups (broad SMARTS) is 1. The average molecular weight is 295 g/mol. The SMILES string of the molecule is CN(CC(=O)Nc1ccccc1[N+](=O)[O-])C(C)(C)C(=O)O. The number of nitro benzene ring substituents is 1. The number of nitrogens with zero attached hydrogens (tertiary/aromatic N) is 2. The molecule has 0 atom stereocenters. The summed E-state index contributed by atoms with van der Waals surface area (Å²) in [6, 6.07) is 5.75. The van der Waals surface area contributed by atoms with Crippen molar-refractivity contribution in [2.24, 2.45) is 0 Å². The van der Waals surface area contributed by atoms with Gasteiger partial charge in [0.15, 0.2) is 0 Å². The highest BCUT2D eigenvalue weighted by atomic mass is 16.6. The zero-order valence-electron chi connectivity index (χ0n) is 12.0. The van der Waals surface area contributed by atoms with Gasteiger partial charge in [0, 0.05) is 6.07 Å². The Balaban J connectivity index is 2.80. The fraction of sp³-hybridized carbons (Fsp3) is 0.385. The lowest BCUT2D eigenvalue weighted by Crippen LogP contribution is -2.50. The van der Waals surface area contributed by atoms with E-state index < -0.39 is 22.3 Å². The number of para-hydroxylation sites is 2. The molecule has 0 aliphatic carbocycles. The number of anilines is 1. The van der Waals surface area contributed by atoms with Crippen LogP contribution in [0.5, 0.6) is 0 Å². The van der Waals surface area contributed by atoms with Crippen molar-refractivity contribution < 1.29 is 19.6 Å². The van der Waals surface area contributed by atoms with Gasteiger partial charge in [-0.1, -0.05) is 12.1 Å². The van der Waals surface area contributed by atoms with E-state index in [-0.39, 0.29) is 17.9 Å². The van der Waals surface area contributed by atoms with Gasteiger partial charge in [-0.05, 0) is 27.0 Å². The molecule has 1 aromatic rings. The first-order valence-corrected chi connectivity index (χ1v) is 6.14. The van der Waals surface area contributed by atoms with E-state index in [0.717, 1.165) is 0 Å². The predicted molar refractivity (Wildman–Crippen MR) is 76.1 cm³/mol. The second-order valence-corrected chi connectivity index (χ2v) is 5.04. The Kier molecular flexibility index (Phi) is 4.98. The molecule has 0 saturated heterocycles. The molecule has 1 amide bonds. The monoisotopic (exact) mass is 295 g/mol. The third-order valence-corrected chi connectivity index (χ3v) is 3.23. The molecule has 2 N–H and O–H groups in total. The Morgan fingerprint density at radius 2 is 1.95 bits per heavy atom. The Morgan fingerprint density at radius 3 is 2.48 bits per heavy atom. The van der Waals surface area contributed by atoms with Crippen LogP contribution in [0, 0.1) is 10.1 Å². The van der Waals surface area contributed by atoms with E-state index in [9.17, 15) is 19.7 Å². The maximum absolute atomic E-state index is 11.9. The van der Waals surface area contributed by atoms with Crippen LogP contribution in [-0.4, -0.2) is 45.9 Å². The summed E-state index contributed by atoms with van der Waals surface area (Å²) in [6.07, 6.45) is 0. The smallest absolute Gasteiger partial charge is 0.323 e. The van der Waals surface area contributed by atoms with Gasteiger partial charge in [0.25, 0.3) is 5.69 Å². The number of hydrogen-bond acceptors (Lipinski definition) is 5. The van der Waals surface area contributed by atoms with Gasteiger partial charge >= 0.3 is 5.97 Å². The fourth-order valence-electron chi connectivity index (χ4n) is 1.50. The molecule has 0 saturated carbocycles. The van der Waals surface area contributed by atoms with Gasteiger partial charge in [-0.25, -0.2) is 0 Å². The van der Waals surface area contributed by atoms with E-state index in [1.54, 1.807) is 6.07 Å². The number of nitrogens with one attached hydrogen (secondary N) is 1. The Bertz CT molecular complexity index is 571. The first-order valence-electron chi connectivity index (χ1n) is 6.14. The minimum absolute atomic E-state index is 0.0778. The van der Waals surface area contributed by atoms with Crippen molar-refractivity contribution in [3.05, 3.63) is 34.4 Å². The largest absolute Gasteiger partial charge is 0.480 e. The molecule has 0 aliphatic rings. The van der Waals surface area contributed by atoms with Gasteiger partial charge in [0.05, 0.1) is 11.5 Å². The molecule has 1 rings (SSSR count). The van der Waals surface area contributed by atoms with Crippen LogP contribution in [0.1, 0.15) is 13.8 Å². The third-order valence-electron chi connectivity index (χ3n) is 3.23. The topological polar surface area (TPSA) is 113 Å². The van der Waals surface area contributed by atoms with Crippen molar-refractivity contribution in [3.63, 3.8) is 0 Å². The molecular formula is C13H17N3O5. The number of carboxylic acids is 1. The number of amides is 1. The van der Waals surface area contributed by atoms with E-state index in [2.05, 4.69) is 5.32 Å². The van der Waals surface area contributed by atoms with Crippen LogP contribution < -0.4 is 5.32 Å². The predicted octanol–water partition coefficient (Wildman–Crippen LogP) is 1.33. The van der Waals surface area contributed by atoms with Crippen molar-refractivity contribution in [1.29, 1.82) is 0 Å². The van der Waals surface area contributed by atoms with Crippen LogP contribution in [0.2, 0.25) is 0 Å². The molecule has 0 bridgehead atoms. The number of nitro groups is 1. The van der Waals surface area contributed by atoms with Gasteiger partial charge in [0.1, 0.15) is 11.2 Å². The van der Waals surface area contributed by atoms with Crippen molar-refractivity contribution >= 4 is 23.3 Å². The number of carbonyl (C=O) groups is 2. The molecule has 21 heavy (non-hydrogen) atoms. The lowest BCUT2D eigenvalue weighted by molar-refractivity contribution is -0.383. The number of aliphatic carboxylic acids is 1. The molecule has 114 valence electrons. The third kappa shape index (κ3) is 3.99. The first-order chi connectivity index (χ1) is 9.66. The molecule has 1 aromatic carbocycles. The number of rotatable bonds is 6. The second kappa shape index (κ2) is 6.31. The number of likely N-dealkylation sites (N-methyl/N-ethyl adjacent to an activating group) is 1. The zero-order valence-corrected chi connectivity index (χ0v) is 12.0. The van der Waals surface area contributed by atoms with Crippen LogP contribution in [0.4, 0.5) is 11.4 Å². The van der Waals surface area contributed by atoms with E-state index >= 15 is 0 Å². The minimum Gasteiger partial charge on any atom is -0.480 e. The van der Waals surface area contributed by atoms with Crippen LogP contribution >= 0.6 is 0 Å². The van der Waals surface area contributed by atoms with Crippen molar-refractivity contribution in [2.75, 3.05) is 18.9 Å². The van der Waals surface area contributed by atoms with Crippen LogP contribution in [0.25, 0.3) is 0 Å². The second-order valence-electron chi connectivity index (χ2n) is 5.04. The van der Waals surface area contributed by atoms with Crippen molar-refractivity contribution in [3.8, 4) is 0 Å². The van der Waals surface area contributed by atoms with Gasteiger partial charge in [-0.3, -0.25) is 24.6 Å². The van der Waals surface area contributed by atoms with Gasteiger partial charge in [0.2, 0.25) is 5.91 Å². The lowest BCUT2D eigenvalue weighted by Gasteiger charge is -2.30. The Labute approximate surface area is 121 Å². The van der Waals surface area contributed by atoms with Gasteiger partial charge in [-0.15, -0.1) is 0 Å². The average Bonchev–Trinajstić information content (AvgIpc) is 2.38. The van der Waals surface area contributed by atoms with Crippen molar-refractivity contribution in [1.82, 2.24) is 4.90 Å². The van der Waals surface area contributed by atoms with Crippen LogP contribution in [0.15, 0.2) is 24.3 Å². The summed E-state index contributed by atoms with van der Waals surface area (Å²) in [5.41, 5.74) is -1.36. The molecule has 0 aliphatic heterocycles. The highest BCUT2D eigenvalue weighted by Gasteiger charge is 2.33. The van der Waals surface area contributed by atoms with Crippen LogP contribution in [0.3, 0.4) is 0 Å². The maximum Gasteiger partial charge on any atom is 0.323 e. The number of carbonyl (C=O) groups excluding carboxylic acids is 1. The lowest BCUT2D eigenvalue weighted by atomic mass is 10.0. The summed E-state index contributed by atoms with van der Waals surface area (Å²) < 4.78 is 0. The highest BCUT2D eigenvalue weighted by molar-refractivity contribution is 5.94. The highest BCUT2D eigenvalue weighted by Crippen LogP contribution is 2.23. The molecule has 0 heterocycles. The quantitative estimate of drug-likeness (QED) is 0.604. The molecule has 0 fully saturated rings. The Morgan fingerprint density at radius 1 is 1.38 bits per heavy atom. The van der Waals surface area contributed by atoms with E-state index in [1.807, 2.05) is 0 Å². The summed E-state index contributed by atoms with van der Waals surface area (Å²) in [6.45, 7) is 2.73. The van der Waals surface area contributed by atoms with Crippen molar-refractivity contribution in [2.45, 2.75) is 19.4 Å². The van der Waals surface area contributed by atoms with Gasteiger partial charge < -0.3 is 10.4 Å². The molecule has 0 aromatic heterocycles. The molecule has 0 unspecified atom stereocenters. The summed E-state index contributed by atoms with van der Waals surface area (Å²) in [5, 5.41) is 22.3. The molecular weight excluding hydrogens is 278 g/mol. The standard InChI is InChI=1S/C13H17N3O5/c1-13(2,12(18)19)15(3)8-11(17)14-9-6-4-5-7-10(9)16(20)21/h4-7H,8H2,1-3H3,(H,14,17)(H,18,19). The fourth-order valence-corrected chi connectivity index (χ4v) is 1.50. The molecule has 0 spiro atoms. The minimum atomic E-state index is -1.22. The maximum atomic E-state index is 11.9. The van der Waals surface area contributed by atoms with E-state index in [1.165, 1.54) is 44.0 Å². The number of hydrogen-bond donors (Lipinski definition) is 2. The van der Waals surface area contributed by atoms with E-state index in [0.29, 0.717) is 0 Å². The summed E-state index contributed by atoms with van der Waals surface area (Å²) >= 11 is 0. The van der Waals surface area contributed by atoms with E-state index in [4.69, 9.17) is 5.11 Å². The first kappa shape index (κ1) is 16.6. The molecule has 0 radical (unpaired) electrons. The van der Waals surface area contributed by atoms with Crippen LogP contribution in [-0.2, 0) is 9.59 Å². The summed E-state index contributed by atoms with van der Waals surface area (Å²) in [7, 11) is 1.49. The normalized spacial score (nSPS) is 11.2. The molecule has 8 nitrogen and oxygen atoms in total. The zero-order chi connectivity index (χ0) is 16.2. The summed E-state index contributed by atoms with van der Waals surface area (Å²) in [5.74, 6) is -1.59. The molecule has 8 heteroatoms. The number of benzene rings is 1. The van der Waals surface area contributed by atoms with Gasteiger partial charge in [-0.2, -0.15) is 0 Å². The Hall–Kier alpha value is -2.48. The summed E-state index contributed by atoms with van der Waals surface area (Å²) in [4.78, 5) is 34.6.